The summed E-state index contributed by atoms with van der Waals surface area (Å²) in [5, 5.41) is 3.03. The average molecular weight is 336 g/mol. The first kappa shape index (κ1) is 16.2. The van der Waals surface area contributed by atoms with Gasteiger partial charge in [-0.25, -0.2) is 0 Å². The lowest BCUT2D eigenvalue weighted by Crippen LogP contribution is -2.39. The third-order valence-corrected chi connectivity index (χ3v) is 5.10. The van der Waals surface area contributed by atoms with Crippen molar-refractivity contribution in [3.8, 4) is 5.75 Å². The fourth-order valence-corrected chi connectivity index (χ4v) is 3.70. The minimum Gasteiger partial charge on any atom is -0.480 e. The van der Waals surface area contributed by atoms with Crippen LogP contribution in [0.25, 0.3) is 0 Å². The van der Waals surface area contributed by atoms with Crippen LogP contribution in [0.15, 0.2) is 48.5 Å². The Bertz CT molecular complexity index is 734. The Hall–Kier alpha value is -2.33. The van der Waals surface area contributed by atoms with Crippen LogP contribution in [0.3, 0.4) is 0 Å². The summed E-state index contributed by atoms with van der Waals surface area (Å²) in [6.07, 6.45) is 2.38. The molecular weight excluding hydrogens is 312 g/mol. The number of nitrogens with zero attached hydrogens (tertiary/aromatic N) is 1. The van der Waals surface area contributed by atoms with Gasteiger partial charge >= 0.3 is 0 Å². The molecule has 0 fully saturated rings. The molecule has 4 heteroatoms. The highest BCUT2D eigenvalue weighted by molar-refractivity contribution is 5.82. The normalized spacial score (nSPS) is 19.0. The number of carbonyl (C=O) groups is 1. The number of fused-ring (bicyclic) bond motifs is 2. The number of hydrogen-bond acceptors (Lipinski definition) is 3. The lowest BCUT2D eigenvalue weighted by Gasteiger charge is -2.28. The summed E-state index contributed by atoms with van der Waals surface area (Å²) in [6.45, 7) is 3.84. The second-order valence-electron chi connectivity index (χ2n) is 6.86. The highest BCUT2D eigenvalue weighted by atomic mass is 16.5. The molecule has 1 unspecified atom stereocenters. The van der Waals surface area contributed by atoms with Gasteiger partial charge in [0.1, 0.15) is 5.75 Å². The average Bonchev–Trinajstić information content (AvgIpc) is 3.09. The lowest BCUT2D eigenvalue weighted by molar-refractivity contribution is -0.127. The molecular formula is C21H24N2O2. The van der Waals surface area contributed by atoms with Crippen molar-refractivity contribution in [1.29, 1.82) is 0 Å². The zero-order valence-electron chi connectivity index (χ0n) is 14.4. The predicted molar refractivity (Wildman–Crippen MR) is 97.6 cm³/mol. The third-order valence-electron chi connectivity index (χ3n) is 5.10. The van der Waals surface area contributed by atoms with Gasteiger partial charge in [-0.3, -0.25) is 9.69 Å². The first-order chi connectivity index (χ1) is 12.3. The van der Waals surface area contributed by atoms with Gasteiger partial charge in [-0.2, -0.15) is 0 Å². The summed E-state index contributed by atoms with van der Waals surface area (Å²) < 4.78 is 5.73. The van der Waals surface area contributed by atoms with Crippen LogP contribution in [0.4, 0.5) is 0 Å². The molecule has 130 valence electrons. The molecule has 2 aliphatic rings. The molecule has 0 saturated heterocycles. The summed E-state index contributed by atoms with van der Waals surface area (Å²) in [4.78, 5) is 14.7. The maximum atomic E-state index is 12.3. The SMILES string of the molecule is O=C(NCCCN1CCc2ccccc2C1)C1Cc2ccccc2O1. The zero-order chi connectivity index (χ0) is 17.1. The Morgan fingerprint density at radius 2 is 1.84 bits per heavy atom. The molecule has 1 amide bonds. The zero-order valence-corrected chi connectivity index (χ0v) is 14.4. The van der Waals surface area contributed by atoms with Crippen LogP contribution in [-0.4, -0.2) is 36.5 Å². The van der Waals surface area contributed by atoms with Gasteiger partial charge in [-0.1, -0.05) is 42.5 Å². The number of nitrogens with one attached hydrogen (secondary N) is 1. The molecule has 4 rings (SSSR count). The van der Waals surface area contributed by atoms with Gasteiger partial charge < -0.3 is 10.1 Å². The summed E-state index contributed by atoms with van der Waals surface area (Å²) in [5.74, 6) is 0.842. The lowest BCUT2D eigenvalue weighted by atomic mass is 10.00. The van der Waals surface area contributed by atoms with E-state index in [4.69, 9.17) is 4.74 Å². The molecule has 0 radical (unpaired) electrons. The number of hydrogen-bond donors (Lipinski definition) is 1. The number of ether oxygens (including phenoxy) is 1. The maximum absolute atomic E-state index is 12.3. The number of carbonyl (C=O) groups excluding carboxylic acids is 1. The van der Waals surface area contributed by atoms with Crippen LogP contribution in [0.5, 0.6) is 5.75 Å². The quantitative estimate of drug-likeness (QED) is 0.853. The van der Waals surface area contributed by atoms with Gasteiger partial charge in [-0.05, 0) is 35.6 Å². The van der Waals surface area contributed by atoms with Crippen LogP contribution in [-0.2, 0) is 24.2 Å². The van der Waals surface area contributed by atoms with E-state index in [-0.39, 0.29) is 12.0 Å². The van der Waals surface area contributed by atoms with Gasteiger partial charge in [-0.15, -0.1) is 0 Å². The Morgan fingerprint density at radius 3 is 2.68 bits per heavy atom. The van der Waals surface area contributed by atoms with Gasteiger partial charge in [0, 0.05) is 32.6 Å². The molecule has 0 aliphatic carbocycles. The van der Waals surface area contributed by atoms with E-state index in [1.165, 1.54) is 11.1 Å². The number of benzene rings is 2. The largest absolute Gasteiger partial charge is 0.480 e. The first-order valence-electron chi connectivity index (χ1n) is 9.11. The number of rotatable bonds is 5. The van der Waals surface area contributed by atoms with Crippen molar-refractivity contribution < 1.29 is 9.53 Å². The second-order valence-corrected chi connectivity index (χ2v) is 6.86. The standard InChI is InChI=1S/C21H24N2O2/c24-21(20-14-17-7-3-4-9-19(17)25-20)22-11-5-12-23-13-10-16-6-1-2-8-18(16)15-23/h1-4,6-9,20H,5,10-15H2,(H,22,24). The van der Waals surface area contributed by atoms with Crippen molar-refractivity contribution in [2.75, 3.05) is 19.6 Å². The monoisotopic (exact) mass is 336 g/mol. The summed E-state index contributed by atoms with van der Waals surface area (Å²) in [6, 6.07) is 16.6. The van der Waals surface area contributed by atoms with Crippen molar-refractivity contribution in [1.82, 2.24) is 10.2 Å². The van der Waals surface area contributed by atoms with E-state index >= 15 is 0 Å². The van der Waals surface area contributed by atoms with Gasteiger partial charge in [0.05, 0.1) is 0 Å². The first-order valence-corrected chi connectivity index (χ1v) is 9.11. The van der Waals surface area contributed by atoms with E-state index in [1.807, 2.05) is 24.3 Å². The summed E-state index contributed by atoms with van der Waals surface area (Å²) in [5.41, 5.74) is 4.04. The van der Waals surface area contributed by atoms with Crippen LogP contribution >= 0.6 is 0 Å². The molecule has 2 heterocycles. The fraction of sp³-hybridized carbons (Fsp3) is 0.381. The van der Waals surface area contributed by atoms with E-state index in [0.29, 0.717) is 13.0 Å². The predicted octanol–water partition coefficient (Wildman–Crippen LogP) is 2.55. The van der Waals surface area contributed by atoms with Crippen molar-refractivity contribution in [2.24, 2.45) is 0 Å². The van der Waals surface area contributed by atoms with Crippen LogP contribution in [0.2, 0.25) is 0 Å². The Balaban J connectivity index is 1.19. The van der Waals surface area contributed by atoms with E-state index in [2.05, 4.69) is 34.5 Å². The third kappa shape index (κ3) is 3.69. The van der Waals surface area contributed by atoms with Gasteiger partial charge in [0.2, 0.25) is 0 Å². The summed E-state index contributed by atoms with van der Waals surface area (Å²) in [7, 11) is 0. The molecule has 1 atom stereocenters. The van der Waals surface area contributed by atoms with Gasteiger partial charge in [0.15, 0.2) is 6.10 Å². The van der Waals surface area contributed by atoms with Crippen molar-refractivity contribution in [2.45, 2.75) is 31.9 Å². The molecule has 2 aliphatic heterocycles. The summed E-state index contributed by atoms with van der Waals surface area (Å²) >= 11 is 0. The molecule has 0 aromatic heterocycles. The smallest absolute Gasteiger partial charge is 0.261 e. The van der Waals surface area contributed by atoms with E-state index < -0.39 is 0 Å². The van der Waals surface area contributed by atoms with Crippen LogP contribution in [0.1, 0.15) is 23.1 Å². The number of amides is 1. The molecule has 2 aromatic carbocycles. The molecule has 0 bridgehead atoms. The highest BCUT2D eigenvalue weighted by Gasteiger charge is 2.28. The topological polar surface area (TPSA) is 41.6 Å². The van der Waals surface area contributed by atoms with Gasteiger partial charge in [0.25, 0.3) is 5.91 Å². The van der Waals surface area contributed by atoms with E-state index in [1.54, 1.807) is 0 Å². The molecule has 2 aromatic rings. The Kier molecular flexibility index (Phi) is 4.70. The fourth-order valence-electron chi connectivity index (χ4n) is 3.70. The molecule has 1 N–H and O–H groups in total. The Morgan fingerprint density at radius 1 is 1.08 bits per heavy atom. The van der Waals surface area contributed by atoms with Crippen molar-refractivity contribution in [3.05, 3.63) is 65.2 Å². The van der Waals surface area contributed by atoms with Crippen molar-refractivity contribution >= 4 is 5.91 Å². The van der Waals surface area contributed by atoms with Crippen molar-refractivity contribution in [3.63, 3.8) is 0 Å². The van der Waals surface area contributed by atoms with E-state index in [9.17, 15) is 4.79 Å². The minimum atomic E-state index is -0.376. The molecule has 0 spiro atoms. The highest BCUT2D eigenvalue weighted by Crippen LogP contribution is 2.28. The number of para-hydroxylation sites is 1. The van der Waals surface area contributed by atoms with E-state index in [0.717, 1.165) is 43.8 Å². The minimum absolute atomic E-state index is 0.000176. The molecule has 25 heavy (non-hydrogen) atoms. The molecule has 0 saturated carbocycles. The maximum Gasteiger partial charge on any atom is 0.261 e. The molecule has 4 nitrogen and oxygen atoms in total. The Labute approximate surface area is 148 Å². The second kappa shape index (κ2) is 7.28. The van der Waals surface area contributed by atoms with Crippen LogP contribution in [0, 0.1) is 0 Å². The van der Waals surface area contributed by atoms with Crippen LogP contribution < -0.4 is 10.1 Å².